The van der Waals surface area contributed by atoms with Crippen LogP contribution in [-0.2, 0) is 32.9 Å². The number of ether oxygens (including phenoxy) is 1. The summed E-state index contributed by atoms with van der Waals surface area (Å²) >= 11 is 0. The molecule has 4 heterocycles. The van der Waals surface area contributed by atoms with Gasteiger partial charge in [-0.1, -0.05) is 185 Å². The Labute approximate surface area is 456 Å². The van der Waals surface area contributed by atoms with Crippen LogP contribution in [0.15, 0.2) is 206 Å². The number of nitrogens with zero attached hydrogens (tertiary/aromatic N) is 4. The van der Waals surface area contributed by atoms with Gasteiger partial charge in [0.25, 0.3) is 0 Å². The summed E-state index contributed by atoms with van der Waals surface area (Å²) in [5, 5.41) is 8.22. The van der Waals surface area contributed by atoms with Gasteiger partial charge in [-0.25, -0.2) is 4.98 Å². The van der Waals surface area contributed by atoms with Gasteiger partial charge in [0, 0.05) is 52.7 Å². The summed E-state index contributed by atoms with van der Waals surface area (Å²) < 4.78 is 72.7. The summed E-state index contributed by atoms with van der Waals surface area (Å²) in [6.45, 7) is 12.3. The normalized spacial score (nSPS) is 13.8. The molecule has 0 unspecified atom stereocenters. The molecule has 5 nitrogen and oxygen atoms in total. The van der Waals surface area contributed by atoms with Crippen LogP contribution < -0.4 is 9.64 Å². The number of para-hydroxylation sites is 3. The first kappa shape index (κ1) is 39.4. The van der Waals surface area contributed by atoms with E-state index in [-0.39, 0.29) is 62.1 Å². The third kappa shape index (κ3) is 8.17. The minimum atomic E-state index is -1.57. The van der Waals surface area contributed by atoms with Crippen molar-refractivity contribution in [2.24, 2.45) is 5.92 Å². The van der Waals surface area contributed by atoms with Gasteiger partial charge in [-0.15, -0.1) is 35.7 Å². The Morgan fingerprint density at radius 2 is 1.24 bits per heavy atom. The monoisotopic (exact) mass is 1140 g/mol. The van der Waals surface area contributed by atoms with E-state index >= 15 is 0 Å². The molecule has 0 saturated carbocycles. The molecule has 0 radical (unpaired) electrons. The molecular weight excluding hydrogens is 1080 g/mol. The number of anilines is 2. The summed E-state index contributed by atoms with van der Waals surface area (Å²) in [5.41, 5.74) is 8.64. The number of hydrogen-bond donors (Lipinski definition) is 0. The van der Waals surface area contributed by atoms with Crippen LogP contribution in [0.4, 0.5) is 11.4 Å². The van der Waals surface area contributed by atoms with Crippen molar-refractivity contribution in [3.05, 3.63) is 236 Å². The van der Waals surface area contributed by atoms with Gasteiger partial charge in [0.15, 0.2) is 0 Å². The maximum Gasteiger partial charge on any atom is 0.135 e. The van der Waals surface area contributed by atoms with Crippen molar-refractivity contribution in [3.8, 4) is 39.6 Å². The maximum atomic E-state index is 9.09. The van der Waals surface area contributed by atoms with Crippen LogP contribution in [0.3, 0.4) is 0 Å². The molecule has 74 heavy (non-hydrogen) atoms. The molecular formula is C68H53N4OPt-3. The van der Waals surface area contributed by atoms with Crippen LogP contribution >= 0.6 is 0 Å². The quantitative estimate of drug-likeness (QED) is 0.142. The summed E-state index contributed by atoms with van der Waals surface area (Å²) in [6.07, 6.45) is 0.0995. The Kier molecular flexibility index (Phi) is 9.98. The molecule has 0 saturated heterocycles. The van der Waals surface area contributed by atoms with E-state index in [4.69, 9.17) is 19.3 Å². The zero-order valence-electron chi connectivity index (χ0n) is 48.4. The number of rotatable bonds is 8. The predicted molar refractivity (Wildman–Crippen MR) is 305 cm³/mol. The van der Waals surface area contributed by atoms with Crippen molar-refractivity contribution in [1.82, 2.24) is 14.1 Å². The largest absolute Gasteiger partial charge is 0.509 e. The number of hydrogen-bond acceptors (Lipinski definition) is 3. The van der Waals surface area contributed by atoms with Crippen molar-refractivity contribution in [1.29, 1.82) is 0 Å². The first-order chi connectivity index (χ1) is 38.5. The third-order valence-electron chi connectivity index (χ3n) is 13.9. The Morgan fingerprint density at radius 1 is 0.608 bits per heavy atom. The van der Waals surface area contributed by atoms with Crippen LogP contribution in [0.25, 0.3) is 93.2 Å². The summed E-state index contributed by atoms with van der Waals surface area (Å²) in [4.78, 5) is 6.92. The van der Waals surface area contributed by atoms with Gasteiger partial charge >= 0.3 is 0 Å². The zero-order valence-corrected chi connectivity index (χ0v) is 43.7. The van der Waals surface area contributed by atoms with E-state index in [9.17, 15) is 0 Å². The van der Waals surface area contributed by atoms with E-state index in [1.165, 1.54) is 0 Å². The van der Waals surface area contributed by atoms with Crippen molar-refractivity contribution < 1.29 is 35.4 Å². The fourth-order valence-electron chi connectivity index (χ4n) is 10.6. The van der Waals surface area contributed by atoms with Crippen molar-refractivity contribution in [3.63, 3.8) is 0 Å². The third-order valence-corrected chi connectivity index (χ3v) is 13.9. The van der Waals surface area contributed by atoms with Crippen LogP contribution in [0, 0.1) is 24.7 Å². The first-order valence-corrected chi connectivity index (χ1v) is 24.7. The summed E-state index contributed by atoms with van der Waals surface area (Å²) in [7, 11) is 0. The molecule has 9 aromatic carbocycles. The average molecular weight is 1140 g/mol. The molecule has 3 aromatic heterocycles. The van der Waals surface area contributed by atoms with Gasteiger partial charge < -0.3 is 18.8 Å². The predicted octanol–water partition coefficient (Wildman–Crippen LogP) is 18.1. The molecule has 0 amide bonds. The second-order valence-corrected chi connectivity index (χ2v) is 20.0. The Morgan fingerprint density at radius 3 is 1.97 bits per heavy atom. The van der Waals surface area contributed by atoms with Gasteiger partial charge in [-0.05, 0) is 137 Å². The number of benzene rings is 9. The molecule has 0 bridgehead atoms. The topological polar surface area (TPSA) is 35.2 Å². The van der Waals surface area contributed by atoms with E-state index < -0.39 is 12.4 Å². The second-order valence-electron chi connectivity index (χ2n) is 20.0. The minimum Gasteiger partial charge on any atom is -0.509 e. The minimum absolute atomic E-state index is 0. The summed E-state index contributed by atoms with van der Waals surface area (Å²) in [5.74, 6) is 1.27. The Hall–Kier alpha value is -8.11. The number of aromatic nitrogens is 3. The fourth-order valence-corrected chi connectivity index (χ4v) is 10.6. The average Bonchev–Trinajstić information content (AvgIpc) is 4.10. The maximum absolute atomic E-state index is 9.09. The van der Waals surface area contributed by atoms with Crippen molar-refractivity contribution in [2.75, 3.05) is 4.90 Å². The zero-order chi connectivity index (χ0) is 55.5. The number of fused-ring (bicyclic) bond motifs is 10. The Balaban J connectivity index is 0.00000651. The van der Waals surface area contributed by atoms with Crippen LogP contribution in [0.2, 0.25) is 0 Å². The molecule has 0 N–H and O–H groups in total. The van der Waals surface area contributed by atoms with Gasteiger partial charge in [-0.2, -0.15) is 12.1 Å². The van der Waals surface area contributed by atoms with Gasteiger partial charge in [0.05, 0.1) is 6.85 Å². The second kappa shape index (κ2) is 18.7. The number of pyridine rings is 1. The molecule has 12 aromatic rings. The Bertz CT molecular complexity index is 4610. The molecule has 0 fully saturated rings. The molecule has 6 heteroatoms. The molecule has 364 valence electrons. The smallest absolute Gasteiger partial charge is 0.135 e. The molecule has 0 spiro atoms. The van der Waals surface area contributed by atoms with Crippen molar-refractivity contribution >= 4 is 76.5 Å². The van der Waals surface area contributed by atoms with E-state index in [0.717, 1.165) is 93.2 Å². The molecule has 0 aliphatic carbocycles. The van der Waals surface area contributed by atoms with E-state index in [2.05, 4.69) is 146 Å². The van der Waals surface area contributed by atoms with Gasteiger partial charge in [0.1, 0.15) is 5.82 Å². The van der Waals surface area contributed by atoms with Crippen molar-refractivity contribution in [2.45, 2.75) is 46.4 Å². The van der Waals surface area contributed by atoms with Gasteiger partial charge in [0.2, 0.25) is 0 Å². The van der Waals surface area contributed by atoms with Gasteiger partial charge in [-0.3, -0.25) is 0 Å². The molecule has 13 rings (SSSR count). The van der Waals surface area contributed by atoms with E-state index in [1.54, 1.807) is 12.3 Å². The van der Waals surface area contributed by atoms with Crippen LogP contribution in [0.5, 0.6) is 11.5 Å². The first-order valence-electron chi connectivity index (χ1n) is 28.2. The van der Waals surface area contributed by atoms with E-state index in [1.807, 2.05) is 85.1 Å². The molecule has 1 aliphatic rings. The molecule has 1 aliphatic heterocycles. The standard InChI is InChI=1S/C68H53N4O.Pt/c1-44(2)36-45-34-35-69-65(37-45)72-62-30-14-13-26-58(62)59-33-32-52(42-64(59)72)73-51-21-15-20-50(41-51)70-43-71-66-53(48-38-47(46-18-7-6-8-19-46)39-49(40-48)68(3,4)5)27-16-28-60(66)56-24-11-9-22-54(56)55-23-10-12-25-57(55)61-29-17-31-63(70)67(61)71;/h6-35,37-40,43-44H,36H2,1-5H3;/q-3;/i6D,7D,8D,18D,19D,36D2;. The van der Waals surface area contributed by atoms with E-state index in [0.29, 0.717) is 28.4 Å². The fraction of sp³-hybridized carbons (Fsp3) is 0.118. The van der Waals surface area contributed by atoms with Crippen LogP contribution in [-0.4, -0.2) is 14.1 Å². The molecule has 0 atom stereocenters. The summed E-state index contributed by atoms with van der Waals surface area (Å²) in [6, 6.07) is 62.9. The SMILES string of the molecule is [2H]c1c([2H])c([2H])c(-c2cc(-c3cccc4c5ccccc5c5ccccc5c5cccc6c5n(c34)[CH-]N6c3[c-]c(Oc4[c-]c5c(cc4)c4ccccc4n5-c4cc(C([2H])([2H])C(C)C)ccn4)ccc3)cc(C(C)(C)C)c2)c([2H])c1[2H].[Pt]. The van der Waals surface area contributed by atoms with Crippen LogP contribution in [0.1, 0.15) is 55.3 Å².